The molecule has 0 aliphatic carbocycles. The fourth-order valence-electron chi connectivity index (χ4n) is 1.51. The van der Waals surface area contributed by atoms with E-state index in [0.717, 1.165) is 0 Å². The van der Waals surface area contributed by atoms with Crippen molar-refractivity contribution in [2.45, 2.75) is 39.2 Å². The third-order valence-corrected chi connectivity index (χ3v) is 2.24. The normalized spacial score (nSPS) is 10.9. The zero-order chi connectivity index (χ0) is 14.5. The van der Waals surface area contributed by atoms with Crippen LogP contribution in [0.2, 0.25) is 0 Å². The van der Waals surface area contributed by atoms with Gasteiger partial charge in [0.05, 0.1) is 19.1 Å². The summed E-state index contributed by atoms with van der Waals surface area (Å²) in [6.07, 6.45) is 1.68. The van der Waals surface area contributed by atoms with E-state index in [1.165, 1.54) is 7.11 Å². The fraction of sp³-hybridized carbons (Fsp3) is 0.500. The van der Waals surface area contributed by atoms with Crippen molar-refractivity contribution in [1.82, 2.24) is 4.98 Å². The van der Waals surface area contributed by atoms with Gasteiger partial charge in [0.1, 0.15) is 5.60 Å². The molecule has 5 heteroatoms. The third kappa shape index (κ3) is 5.07. The highest BCUT2D eigenvalue weighted by Gasteiger charge is 2.19. The molecular weight excluding hydrogens is 246 g/mol. The van der Waals surface area contributed by atoms with E-state index in [9.17, 15) is 9.59 Å². The lowest BCUT2D eigenvalue weighted by Crippen LogP contribution is -2.24. The summed E-state index contributed by atoms with van der Waals surface area (Å²) >= 11 is 0. The minimum atomic E-state index is -0.536. The molecule has 0 saturated carbocycles. The van der Waals surface area contributed by atoms with E-state index in [-0.39, 0.29) is 30.5 Å². The lowest BCUT2D eigenvalue weighted by atomic mass is 10.1. The Bertz CT molecular complexity index is 463. The number of rotatable bonds is 5. The van der Waals surface area contributed by atoms with Gasteiger partial charge in [0, 0.05) is 12.6 Å². The van der Waals surface area contributed by atoms with Gasteiger partial charge >= 0.3 is 5.97 Å². The molecule has 1 aromatic rings. The predicted octanol–water partition coefficient (Wildman–Crippen LogP) is 2.39. The first kappa shape index (κ1) is 15.1. The number of nitrogens with zero attached hydrogens (tertiary/aromatic N) is 1. The molecule has 0 atom stereocenters. The monoisotopic (exact) mass is 265 g/mol. The van der Waals surface area contributed by atoms with E-state index in [1.807, 2.05) is 0 Å². The van der Waals surface area contributed by atoms with Crippen LogP contribution in [0.25, 0.3) is 0 Å². The second-order valence-corrected chi connectivity index (χ2v) is 5.07. The van der Waals surface area contributed by atoms with Gasteiger partial charge in [0.15, 0.2) is 5.78 Å². The topological polar surface area (TPSA) is 65.5 Å². The zero-order valence-corrected chi connectivity index (χ0v) is 11.7. The van der Waals surface area contributed by atoms with Gasteiger partial charge in [-0.2, -0.15) is 0 Å². The summed E-state index contributed by atoms with van der Waals surface area (Å²) < 4.78 is 10.1. The molecular formula is C14H19NO4. The Balaban J connectivity index is 2.59. The third-order valence-electron chi connectivity index (χ3n) is 2.24. The SMILES string of the molecule is COc1ncccc1C(=O)CCC(=O)OC(C)(C)C. The first-order chi connectivity index (χ1) is 8.83. The highest BCUT2D eigenvalue weighted by molar-refractivity contribution is 5.99. The number of Topliss-reactive ketones (excluding diaryl/α,β-unsaturated/α-hetero) is 1. The smallest absolute Gasteiger partial charge is 0.306 e. The standard InChI is InChI=1S/C14H19NO4/c1-14(2,3)19-12(17)8-7-11(16)10-6-5-9-15-13(10)18-4/h5-6,9H,7-8H2,1-4H3. The van der Waals surface area contributed by atoms with Crippen molar-refractivity contribution in [2.24, 2.45) is 0 Å². The highest BCUT2D eigenvalue weighted by Crippen LogP contribution is 2.17. The fourth-order valence-corrected chi connectivity index (χ4v) is 1.51. The molecule has 0 spiro atoms. The van der Waals surface area contributed by atoms with Crippen LogP contribution >= 0.6 is 0 Å². The lowest BCUT2D eigenvalue weighted by Gasteiger charge is -2.19. The number of hydrogen-bond acceptors (Lipinski definition) is 5. The number of hydrogen-bond donors (Lipinski definition) is 0. The van der Waals surface area contributed by atoms with Crippen LogP contribution in [0.4, 0.5) is 0 Å². The van der Waals surface area contributed by atoms with Crippen molar-refractivity contribution < 1.29 is 19.1 Å². The number of ketones is 1. The molecule has 0 N–H and O–H groups in total. The minimum Gasteiger partial charge on any atom is -0.480 e. The maximum Gasteiger partial charge on any atom is 0.306 e. The molecule has 1 rings (SSSR count). The summed E-state index contributed by atoms with van der Waals surface area (Å²) in [6.45, 7) is 5.37. The molecule has 0 aliphatic heterocycles. The molecule has 0 aliphatic rings. The maximum atomic E-state index is 12.0. The van der Waals surface area contributed by atoms with Crippen LogP contribution in [-0.2, 0) is 9.53 Å². The van der Waals surface area contributed by atoms with E-state index >= 15 is 0 Å². The van der Waals surface area contributed by atoms with E-state index in [1.54, 1.807) is 39.1 Å². The first-order valence-corrected chi connectivity index (χ1v) is 6.07. The summed E-state index contributed by atoms with van der Waals surface area (Å²) in [5, 5.41) is 0. The van der Waals surface area contributed by atoms with Crippen molar-refractivity contribution in [3.63, 3.8) is 0 Å². The largest absolute Gasteiger partial charge is 0.480 e. The van der Waals surface area contributed by atoms with E-state index in [4.69, 9.17) is 9.47 Å². The Morgan fingerprint density at radius 1 is 1.26 bits per heavy atom. The van der Waals surface area contributed by atoms with E-state index < -0.39 is 5.60 Å². The van der Waals surface area contributed by atoms with Crippen LogP contribution < -0.4 is 4.74 Å². The number of pyridine rings is 1. The van der Waals surface area contributed by atoms with Gasteiger partial charge in [-0.25, -0.2) is 4.98 Å². The number of ether oxygens (including phenoxy) is 2. The Hall–Kier alpha value is -1.91. The van der Waals surface area contributed by atoms with Crippen molar-refractivity contribution in [3.05, 3.63) is 23.9 Å². The minimum absolute atomic E-state index is 0.0498. The van der Waals surface area contributed by atoms with E-state index in [0.29, 0.717) is 5.56 Å². The average molecular weight is 265 g/mol. The summed E-state index contributed by atoms with van der Waals surface area (Å²) in [6, 6.07) is 3.28. The molecule has 1 heterocycles. The van der Waals surface area contributed by atoms with Gasteiger partial charge in [-0.3, -0.25) is 9.59 Å². The molecule has 5 nitrogen and oxygen atoms in total. The summed E-state index contributed by atoms with van der Waals surface area (Å²) in [7, 11) is 1.45. The summed E-state index contributed by atoms with van der Waals surface area (Å²) in [5.74, 6) is -0.295. The van der Waals surface area contributed by atoms with Crippen LogP contribution in [0.5, 0.6) is 5.88 Å². The summed E-state index contributed by atoms with van der Waals surface area (Å²) in [4.78, 5) is 27.4. The second kappa shape index (κ2) is 6.31. The first-order valence-electron chi connectivity index (χ1n) is 6.07. The molecule has 1 aromatic heterocycles. The number of carbonyl (C=O) groups is 2. The van der Waals surface area contributed by atoms with Crippen LogP contribution in [0.3, 0.4) is 0 Å². The van der Waals surface area contributed by atoms with Crippen molar-refractivity contribution >= 4 is 11.8 Å². The van der Waals surface area contributed by atoms with Crippen LogP contribution in [0.1, 0.15) is 44.0 Å². The number of esters is 1. The van der Waals surface area contributed by atoms with Crippen molar-refractivity contribution in [2.75, 3.05) is 7.11 Å². The van der Waals surface area contributed by atoms with Crippen molar-refractivity contribution in [3.8, 4) is 5.88 Å². The van der Waals surface area contributed by atoms with Crippen LogP contribution in [-0.4, -0.2) is 29.4 Å². The second-order valence-electron chi connectivity index (χ2n) is 5.07. The molecule has 104 valence electrons. The van der Waals surface area contributed by atoms with Crippen LogP contribution in [0.15, 0.2) is 18.3 Å². The van der Waals surface area contributed by atoms with Gasteiger partial charge in [0.2, 0.25) is 5.88 Å². The predicted molar refractivity (Wildman–Crippen MR) is 70.2 cm³/mol. The van der Waals surface area contributed by atoms with Gasteiger partial charge in [0.25, 0.3) is 0 Å². The Kier molecular flexibility index (Phi) is 5.03. The molecule has 0 bridgehead atoms. The van der Waals surface area contributed by atoms with Gasteiger partial charge in [-0.1, -0.05) is 0 Å². The zero-order valence-electron chi connectivity index (χ0n) is 11.7. The average Bonchev–Trinajstić information content (AvgIpc) is 2.33. The lowest BCUT2D eigenvalue weighted by molar-refractivity contribution is -0.154. The molecule has 0 fully saturated rings. The molecule has 0 amide bonds. The number of methoxy groups -OCH3 is 1. The molecule has 19 heavy (non-hydrogen) atoms. The van der Waals surface area contributed by atoms with E-state index in [2.05, 4.69) is 4.98 Å². The van der Waals surface area contributed by atoms with Gasteiger partial charge in [-0.15, -0.1) is 0 Å². The van der Waals surface area contributed by atoms with Crippen LogP contribution in [0, 0.1) is 0 Å². The number of carbonyl (C=O) groups excluding carboxylic acids is 2. The van der Waals surface area contributed by atoms with Gasteiger partial charge in [-0.05, 0) is 32.9 Å². The molecule has 0 saturated heterocycles. The number of aromatic nitrogens is 1. The molecule has 0 unspecified atom stereocenters. The van der Waals surface area contributed by atoms with Gasteiger partial charge < -0.3 is 9.47 Å². The molecule has 0 radical (unpaired) electrons. The van der Waals surface area contributed by atoms with Crippen molar-refractivity contribution in [1.29, 1.82) is 0 Å². The Labute approximate surface area is 112 Å². The Morgan fingerprint density at radius 2 is 1.95 bits per heavy atom. The summed E-state index contributed by atoms with van der Waals surface area (Å²) in [5.41, 5.74) is -0.153. The molecule has 0 aromatic carbocycles. The highest BCUT2D eigenvalue weighted by atomic mass is 16.6. The quantitative estimate of drug-likeness (QED) is 0.604. The Morgan fingerprint density at radius 3 is 2.53 bits per heavy atom. The maximum absolute atomic E-state index is 12.0.